The fourth-order valence-electron chi connectivity index (χ4n) is 2.64. The minimum atomic E-state index is -0.130. The molecule has 1 N–H and O–H groups in total. The van der Waals surface area contributed by atoms with Crippen molar-refractivity contribution in [3.05, 3.63) is 23.0 Å². The number of hydrogen-bond acceptors (Lipinski definition) is 2. The molecule has 2 aliphatic carbocycles. The van der Waals surface area contributed by atoms with Gasteiger partial charge in [-0.2, -0.15) is 5.10 Å². The summed E-state index contributed by atoms with van der Waals surface area (Å²) in [7, 11) is 1.97. The fourth-order valence-corrected chi connectivity index (χ4v) is 2.64. The molecule has 2 aliphatic rings. The fraction of sp³-hybridized carbons (Fsp3) is 0.545. The molecule has 1 aromatic heterocycles. The van der Waals surface area contributed by atoms with Crippen LogP contribution in [-0.4, -0.2) is 21.0 Å². The van der Waals surface area contributed by atoms with E-state index in [2.05, 4.69) is 11.2 Å². The Hall–Kier alpha value is -1.09. The molecule has 0 radical (unpaired) electrons. The Morgan fingerprint density at radius 3 is 3.29 bits per heavy atom. The molecular weight excluding hydrogens is 176 g/mol. The van der Waals surface area contributed by atoms with E-state index in [9.17, 15) is 5.11 Å². The van der Waals surface area contributed by atoms with Crippen molar-refractivity contribution in [2.75, 3.05) is 0 Å². The topological polar surface area (TPSA) is 38.0 Å². The van der Waals surface area contributed by atoms with Crippen LogP contribution in [0, 0.1) is 5.92 Å². The van der Waals surface area contributed by atoms with Gasteiger partial charge < -0.3 is 5.11 Å². The van der Waals surface area contributed by atoms with Crippen LogP contribution in [0.15, 0.2) is 11.8 Å². The van der Waals surface area contributed by atoms with Crippen LogP contribution in [0.1, 0.15) is 24.1 Å². The van der Waals surface area contributed by atoms with Gasteiger partial charge in [0.2, 0.25) is 0 Å². The van der Waals surface area contributed by atoms with E-state index in [0.29, 0.717) is 5.92 Å². The maximum Gasteiger partial charge on any atom is 0.0638 e. The number of aliphatic hydroxyl groups excluding tert-OH is 1. The van der Waals surface area contributed by atoms with Gasteiger partial charge in [0, 0.05) is 13.0 Å². The van der Waals surface area contributed by atoms with Crippen molar-refractivity contribution in [2.24, 2.45) is 13.0 Å². The summed E-state index contributed by atoms with van der Waals surface area (Å²) in [6, 6.07) is 0. The minimum absolute atomic E-state index is 0.130. The lowest BCUT2D eigenvalue weighted by molar-refractivity contribution is 0.141. The van der Waals surface area contributed by atoms with Gasteiger partial charge in [-0.15, -0.1) is 0 Å². The van der Waals surface area contributed by atoms with Crippen molar-refractivity contribution < 1.29 is 5.11 Å². The second-order valence-electron chi connectivity index (χ2n) is 4.31. The highest BCUT2D eigenvalue weighted by molar-refractivity contribution is 5.58. The molecule has 1 fully saturated rings. The molecular formula is C11H14N2O. The van der Waals surface area contributed by atoms with Crippen molar-refractivity contribution in [2.45, 2.75) is 25.4 Å². The zero-order valence-corrected chi connectivity index (χ0v) is 8.27. The molecule has 74 valence electrons. The number of aryl methyl sites for hydroxylation is 1. The average Bonchev–Trinajstić information content (AvgIpc) is 2.71. The van der Waals surface area contributed by atoms with E-state index in [1.165, 1.54) is 16.8 Å². The quantitative estimate of drug-likeness (QED) is 0.666. The molecule has 2 atom stereocenters. The first-order valence-electron chi connectivity index (χ1n) is 5.15. The third-order valence-electron chi connectivity index (χ3n) is 3.50. The maximum atomic E-state index is 9.79. The molecule has 1 heterocycles. The Morgan fingerprint density at radius 1 is 1.57 bits per heavy atom. The second-order valence-corrected chi connectivity index (χ2v) is 4.31. The molecule has 0 aliphatic heterocycles. The number of hydrogen-bond donors (Lipinski definition) is 1. The van der Waals surface area contributed by atoms with Gasteiger partial charge in [0.05, 0.1) is 18.0 Å². The lowest BCUT2D eigenvalue weighted by Crippen LogP contribution is -2.19. The van der Waals surface area contributed by atoms with Crippen LogP contribution in [0.3, 0.4) is 0 Å². The van der Waals surface area contributed by atoms with Crippen LogP contribution in [0.2, 0.25) is 0 Å². The van der Waals surface area contributed by atoms with E-state index in [1.54, 1.807) is 0 Å². The molecule has 1 saturated carbocycles. The molecule has 3 heteroatoms. The van der Waals surface area contributed by atoms with Gasteiger partial charge in [0.25, 0.3) is 0 Å². The van der Waals surface area contributed by atoms with Gasteiger partial charge in [0.1, 0.15) is 0 Å². The molecule has 14 heavy (non-hydrogen) atoms. The number of aliphatic hydroxyl groups is 1. The number of nitrogens with zero attached hydrogens (tertiary/aromatic N) is 2. The molecule has 2 unspecified atom stereocenters. The lowest BCUT2D eigenvalue weighted by atomic mass is 9.88. The van der Waals surface area contributed by atoms with Gasteiger partial charge in [-0.25, -0.2) is 0 Å². The summed E-state index contributed by atoms with van der Waals surface area (Å²) in [5.41, 5.74) is 3.92. The summed E-state index contributed by atoms with van der Waals surface area (Å²) < 4.78 is 1.92. The summed E-state index contributed by atoms with van der Waals surface area (Å²) in [6.07, 6.45) is 6.96. The van der Waals surface area contributed by atoms with E-state index in [1.807, 2.05) is 17.9 Å². The molecule has 0 aromatic carbocycles. The molecule has 0 amide bonds. The predicted octanol–water partition coefficient (Wildman–Crippen LogP) is 1.13. The van der Waals surface area contributed by atoms with Crippen molar-refractivity contribution >= 4 is 6.08 Å². The number of aromatic nitrogens is 2. The third kappa shape index (κ3) is 0.989. The van der Waals surface area contributed by atoms with Gasteiger partial charge in [-0.05, 0) is 30.9 Å². The minimum Gasteiger partial charge on any atom is -0.392 e. The predicted molar refractivity (Wildman–Crippen MR) is 53.6 cm³/mol. The smallest absolute Gasteiger partial charge is 0.0638 e. The van der Waals surface area contributed by atoms with E-state index in [4.69, 9.17) is 0 Å². The van der Waals surface area contributed by atoms with Crippen molar-refractivity contribution in [1.82, 2.24) is 9.78 Å². The van der Waals surface area contributed by atoms with E-state index in [0.717, 1.165) is 19.3 Å². The average molecular weight is 190 g/mol. The summed E-state index contributed by atoms with van der Waals surface area (Å²) in [6.45, 7) is 0. The largest absolute Gasteiger partial charge is 0.392 e. The zero-order valence-electron chi connectivity index (χ0n) is 8.27. The van der Waals surface area contributed by atoms with Gasteiger partial charge in [-0.1, -0.05) is 5.57 Å². The molecule has 1 aromatic rings. The molecule has 3 rings (SSSR count). The zero-order chi connectivity index (χ0) is 9.71. The van der Waals surface area contributed by atoms with Crippen LogP contribution >= 0.6 is 0 Å². The van der Waals surface area contributed by atoms with Gasteiger partial charge in [0.15, 0.2) is 0 Å². The third-order valence-corrected chi connectivity index (χ3v) is 3.50. The molecule has 0 spiro atoms. The first-order valence-corrected chi connectivity index (χ1v) is 5.15. The van der Waals surface area contributed by atoms with Crippen molar-refractivity contribution in [3.63, 3.8) is 0 Å². The molecule has 3 nitrogen and oxygen atoms in total. The maximum absolute atomic E-state index is 9.79. The van der Waals surface area contributed by atoms with Crippen LogP contribution < -0.4 is 0 Å². The van der Waals surface area contributed by atoms with Gasteiger partial charge in [-0.3, -0.25) is 4.68 Å². The van der Waals surface area contributed by atoms with Crippen LogP contribution in [0.25, 0.3) is 6.08 Å². The molecule has 0 saturated heterocycles. The molecule has 0 bridgehead atoms. The number of fused-ring (bicyclic) bond motifs is 2. The van der Waals surface area contributed by atoms with Crippen LogP contribution in [-0.2, 0) is 13.5 Å². The summed E-state index contributed by atoms with van der Waals surface area (Å²) in [5, 5.41) is 14.0. The Morgan fingerprint density at radius 2 is 2.43 bits per heavy atom. The van der Waals surface area contributed by atoms with Crippen LogP contribution in [0.4, 0.5) is 0 Å². The monoisotopic (exact) mass is 190 g/mol. The first-order chi connectivity index (χ1) is 6.75. The van der Waals surface area contributed by atoms with E-state index in [-0.39, 0.29) is 6.10 Å². The normalized spacial score (nSPS) is 29.7. The SMILES string of the molecule is Cn1ncc2c1C=C1CCC(O)C1C2. The second kappa shape index (κ2) is 2.70. The Balaban J connectivity index is 2.08. The Labute approximate surface area is 83.1 Å². The van der Waals surface area contributed by atoms with Crippen molar-refractivity contribution in [1.29, 1.82) is 0 Å². The Bertz CT molecular complexity index is 405. The number of rotatable bonds is 0. The van der Waals surface area contributed by atoms with Crippen molar-refractivity contribution in [3.8, 4) is 0 Å². The highest BCUT2D eigenvalue weighted by Crippen LogP contribution is 2.39. The van der Waals surface area contributed by atoms with E-state index < -0.39 is 0 Å². The summed E-state index contributed by atoms with van der Waals surface area (Å²) in [4.78, 5) is 0. The Kier molecular flexibility index (Phi) is 1.59. The van der Waals surface area contributed by atoms with Crippen LogP contribution in [0.5, 0.6) is 0 Å². The summed E-state index contributed by atoms with van der Waals surface area (Å²) >= 11 is 0. The summed E-state index contributed by atoms with van der Waals surface area (Å²) in [5.74, 6) is 0.367. The standard InChI is InChI=1S/C11H14N2O/c1-13-10-5-7-2-3-11(14)9(7)4-8(10)6-12-13/h5-6,9,11,14H,2-4H2,1H3. The van der Waals surface area contributed by atoms with Gasteiger partial charge >= 0.3 is 0 Å². The lowest BCUT2D eigenvalue weighted by Gasteiger charge is -2.20. The van der Waals surface area contributed by atoms with E-state index >= 15 is 0 Å². The highest BCUT2D eigenvalue weighted by atomic mass is 16.3. The first kappa shape index (κ1) is 8.24. The highest BCUT2D eigenvalue weighted by Gasteiger charge is 2.33.